The molecule has 0 bridgehead atoms. The van der Waals surface area contributed by atoms with Crippen LogP contribution in [-0.4, -0.2) is 56.7 Å². The number of nitrogens with zero attached hydrogens (tertiary/aromatic N) is 3. The number of hydrogen-bond acceptors (Lipinski definition) is 4. The minimum Gasteiger partial charge on any atom is -0.481 e. The summed E-state index contributed by atoms with van der Waals surface area (Å²) in [7, 11) is 0. The van der Waals surface area contributed by atoms with Crippen molar-refractivity contribution >= 4 is 17.8 Å². The molecule has 2 N–H and O–H groups in total. The van der Waals surface area contributed by atoms with Gasteiger partial charge >= 0.3 is 12.1 Å². The Balaban J connectivity index is 1.61. The number of alkyl halides is 3. The number of nitrogens with one attached hydrogen (secondary N) is 1. The van der Waals surface area contributed by atoms with Crippen LogP contribution in [0.15, 0.2) is 30.3 Å². The smallest absolute Gasteiger partial charge is 0.417 e. The summed E-state index contributed by atoms with van der Waals surface area (Å²) >= 11 is 0. The Bertz CT molecular complexity index is 1140. The van der Waals surface area contributed by atoms with Gasteiger partial charge in [0.15, 0.2) is 5.69 Å². The third kappa shape index (κ3) is 6.50. The molecule has 2 aromatic rings. The quantitative estimate of drug-likeness (QED) is 0.527. The molecule has 11 heteroatoms. The number of rotatable bonds is 8. The number of carboxylic acids is 1. The number of benzene rings is 1. The third-order valence-electron chi connectivity index (χ3n) is 7.03. The number of piperidine rings is 1. The van der Waals surface area contributed by atoms with Gasteiger partial charge < -0.3 is 15.3 Å². The fourth-order valence-corrected chi connectivity index (χ4v) is 5.21. The number of halogens is 3. The topological polar surface area (TPSA) is 105 Å². The highest BCUT2D eigenvalue weighted by atomic mass is 19.4. The van der Waals surface area contributed by atoms with E-state index in [-0.39, 0.29) is 35.3 Å². The first kappa shape index (κ1) is 26.7. The van der Waals surface area contributed by atoms with Gasteiger partial charge in [0, 0.05) is 31.1 Å². The van der Waals surface area contributed by atoms with Crippen LogP contribution in [-0.2, 0) is 15.8 Å². The van der Waals surface area contributed by atoms with Gasteiger partial charge in [0.25, 0.3) is 5.91 Å². The van der Waals surface area contributed by atoms with Gasteiger partial charge in [-0.3, -0.25) is 19.1 Å². The second-order valence-electron chi connectivity index (χ2n) is 9.75. The predicted octanol–water partition coefficient (Wildman–Crippen LogP) is 4.66. The first-order valence-corrected chi connectivity index (χ1v) is 12.7. The van der Waals surface area contributed by atoms with E-state index < -0.39 is 36.1 Å². The van der Waals surface area contributed by atoms with Crippen molar-refractivity contribution in [1.82, 2.24) is 20.0 Å². The van der Waals surface area contributed by atoms with Gasteiger partial charge in [0.2, 0.25) is 5.91 Å². The number of hydrogen-bond donors (Lipinski definition) is 2. The lowest BCUT2D eigenvalue weighted by molar-refractivity contribution is -0.138. The molecule has 1 aromatic carbocycles. The highest BCUT2D eigenvalue weighted by Gasteiger charge is 2.35. The Kier molecular flexibility index (Phi) is 8.19. The molecule has 8 nitrogen and oxygen atoms in total. The molecule has 2 amide bonds. The van der Waals surface area contributed by atoms with Crippen molar-refractivity contribution in [2.24, 2.45) is 0 Å². The average molecular weight is 521 g/mol. The zero-order chi connectivity index (χ0) is 26.6. The number of likely N-dealkylation sites (tertiary alicyclic amines) is 1. The molecule has 1 aliphatic carbocycles. The van der Waals surface area contributed by atoms with Gasteiger partial charge in [-0.25, -0.2) is 0 Å². The number of carbonyl (C=O) groups excluding carboxylic acids is 2. The van der Waals surface area contributed by atoms with Crippen molar-refractivity contribution in [2.45, 2.75) is 76.0 Å². The molecule has 1 atom stereocenters. The Morgan fingerprint density at radius 1 is 1.03 bits per heavy atom. The molecule has 200 valence electrons. The van der Waals surface area contributed by atoms with Crippen LogP contribution in [0.3, 0.4) is 0 Å². The summed E-state index contributed by atoms with van der Waals surface area (Å²) in [6, 6.07) is 5.38. The van der Waals surface area contributed by atoms with E-state index in [9.17, 15) is 32.7 Å². The third-order valence-corrected chi connectivity index (χ3v) is 7.03. The zero-order valence-corrected chi connectivity index (χ0v) is 20.5. The summed E-state index contributed by atoms with van der Waals surface area (Å²) in [4.78, 5) is 39.0. The lowest BCUT2D eigenvalue weighted by Crippen LogP contribution is -2.43. The largest absolute Gasteiger partial charge is 0.481 e. The molecule has 1 unspecified atom stereocenters. The van der Waals surface area contributed by atoms with Gasteiger partial charge in [-0.1, -0.05) is 31.0 Å². The van der Waals surface area contributed by atoms with Crippen LogP contribution >= 0.6 is 0 Å². The van der Waals surface area contributed by atoms with E-state index in [1.165, 1.54) is 28.9 Å². The summed E-state index contributed by atoms with van der Waals surface area (Å²) in [5, 5.41) is 16.3. The van der Waals surface area contributed by atoms with E-state index in [0.717, 1.165) is 51.0 Å². The van der Waals surface area contributed by atoms with E-state index in [4.69, 9.17) is 0 Å². The van der Waals surface area contributed by atoms with E-state index >= 15 is 0 Å². The van der Waals surface area contributed by atoms with Crippen LogP contribution < -0.4 is 5.32 Å². The Labute approximate surface area is 212 Å². The maximum atomic E-state index is 13.8. The molecule has 2 fully saturated rings. The standard InChI is InChI=1S/C26H31F3N4O4/c27-26(28,29)20-11-5-4-10-19(20)22-16-21(31-33(22)18-8-2-3-9-18)25(37)30-17(15-24(35)36)14-23(34)32-12-6-1-7-13-32/h4-5,10-11,16-18H,1-3,6-9,12-15H2,(H,30,37)(H,35,36). The Morgan fingerprint density at radius 2 is 1.70 bits per heavy atom. The van der Waals surface area contributed by atoms with Crippen LogP contribution in [0.5, 0.6) is 0 Å². The average Bonchev–Trinajstić information content (AvgIpc) is 3.54. The normalized spacial score (nSPS) is 17.5. The number of aromatic nitrogens is 2. The van der Waals surface area contributed by atoms with Crippen molar-refractivity contribution in [2.75, 3.05) is 13.1 Å². The van der Waals surface area contributed by atoms with E-state index in [0.29, 0.717) is 13.1 Å². The van der Waals surface area contributed by atoms with Crippen LogP contribution in [0.2, 0.25) is 0 Å². The fourth-order valence-electron chi connectivity index (χ4n) is 5.21. The molecule has 2 heterocycles. The molecule has 4 rings (SSSR count). The highest BCUT2D eigenvalue weighted by molar-refractivity contribution is 5.94. The second kappa shape index (κ2) is 11.4. The molecule has 0 spiro atoms. The van der Waals surface area contributed by atoms with Gasteiger partial charge in [0.05, 0.1) is 23.7 Å². The molecule has 1 saturated carbocycles. The molecular weight excluding hydrogens is 489 g/mol. The zero-order valence-electron chi connectivity index (χ0n) is 20.5. The molecule has 1 aromatic heterocycles. The Hall–Kier alpha value is -3.37. The van der Waals surface area contributed by atoms with Crippen molar-refractivity contribution in [3.63, 3.8) is 0 Å². The first-order valence-electron chi connectivity index (χ1n) is 12.7. The Morgan fingerprint density at radius 3 is 2.35 bits per heavy atom. The molecule has 0 radical (unpaired) electrons. The maximum Gasteiger partial charge on any atom is 0.417 e. The van der Waals surface area contributed by atoms with Gasteiger partial charge in [-0.15, -0.1) is 0 Å². The predicted molar refractivity (Wildman–Crippen MR) is 129 cm³/mol. The van der Waals surface area contributed by atoms with Gasteiger partial charge in [0.1, 0.15) is 0 Å². The lowest BCUT2D eigenvalue weighted by atomic mass is 10.0. The monoisotopic (exact) mass is 520 g/mol. The first-order chi connectivity index (χ1) is 17.6. The fraction of sp³-hybridized carbons (Fsp3) is 0.538. The van der Waals surface area contributed by atoms with E-state index in [2.05, 4.69) is 10.4 Å². The molecule has 1 saturated heterocycles. The van der Waals surface area contributed by atoms with Crippen molar-refractivity contribution in [3.05, 3.63) is 41.6 Å². The number of amides is 2. The molecule has 2 aliphatic rings. The van der Waals surface area contributed by atoms with Gasteiger partial charge in [-0.2, -0.15) is 18.3 Å². The molecule has 1 aliphatic heterocycles. The van der Waals surface area contributed by atoms with Crippen molar-refractivity contribution < 1.29 is 32.7 Å². The van der Waals surface area contributed by atoms with Crippen molar-refractivity contribution in [1.29, 1.82) is 0 Å². The summed E-state index contributed by atoms with van der Waals surface area (Å²) < 4.78 is 42.8. The maximum absolute atomic E-state index is 13.8. The van der Waals surface area contributed by atoms with Gasteiger partial charge in [-0.05, 0) is 44.2 Å². The van der Waals surface area contributed by atoms with Crippen LogP contribution in [0.25, 0.3) is 11.3 Å². The van der Waals surface area contributed by atoms with E-state index in [1.54, 1.807) is 4.90 Å². The second-order valence-corrected chi connectivity index (χ2v) is 9.75. The van der Waals surface area contributed by atoms with Crippen LogP contribution in [0.4, 0.5) is 13.2 Å². The molecular formula is C26H31F3N4O4. The summed E-state index contributed by atoms with van der Waals surface area (Å²) in [5.74, 6) is -2.13. The number of aliphatic carboxylic acids is 1. The minimum absolute atomic E-state index is 0.0733. The minimum atomic E-state index is -4.59. The highest BCUT2D eigenvalue weighted by Crippen LogP contribution is 2.40. The summed E-state index contributed by atoms with van der Waals surface area (Å²) in [6.07, 6.45) is 0.839. The van der Waals surface area contributed by atoms with Crippen LogP contribution in [0.1, 0.15) is 79.9 Å². The SMILES string of the molecule is O=C(O)CC(CC(=O)N1CCCCC1)NC(=O)c1cc(-c2ccccc2C(F)(F)F)n(C2CCCC2)n1. The summed E-state index contributed by atoms with van der Waals surface area (Å²) in [6.45, 7) is 1.20. The molecule has 37 heavy (non-hydrogen) atoms. The number of carbonyl (C=O) groups is 3. The van der Waals surface area contributed by atoms with Crippen molar-refractivity contribution in [3.8, 4) is 11.3 Å². The lowest BCUT2D eigenvalue weighted by Gasteiger charge is -2.28. The number of carboxylic acid groups (broad SMARTS) is 1. The van der Waals surface area contributed by atoms with Crippen LogP contribution in [0, 0.1) is 0 Å². The summed E-state index contributed by atoms with van der Waals surface area (Å²) in [5.41, 5.74) is -0.823. The van der Waals surface area contributed by atoms with E-state index in [1.807, 2.05) is 0 Å².